The van der Waals surface area contributed by atoms with Gasteiger partial charge in [-0.05, 0) is 37.1 Å². The lowest BCUT2D eigenvalue weighted by Crippen LogP contribution is -2.17. The van der Waals surface area contributed by atoms with Crippen LogP contribution in [0.25, 0.3) is 10.9 Å². The Bertz CT molecular complexity index is 1110. The fraction of sp³-hybridized carbons (Fsp3) is 0.375. The van der Waals surface area contributed by atoms with E-state index in [1.54, 1.807) is 6.92 Å². The number of unbranched alkanes of at least 4 members (excludes halogenated alkanes) is 1. The van der Waals surface area contributed by atoms with Crippen LogP contribution in [0.4, 0.5) is 17.6 Å². The van der Waals surface area contributed by atoms with Crippen molar-refractivity contribution in [2.45, 2.75) is 39.5 Å². The van der Waals surface area contributed by atoms with Gasteiger partial charge in [0.15, 0.2) is 5.78 Å². The van der Waals surface area contributed by atoms with E-state index in [1.165, 1.54) is 36.5 Å². The van der Waals surface area contributed by atoms with Gasteiger partial charge in [-0.2, -0.15) is 0 Å². The summed E-state index contributed by atoms with van der Waals surface area (Å²) in [5, 5.41) is 0.313. The van der Waals surface area contributed by atoms with Crippen LogP contribution in [-0.4, -0.2) is 37.0 Å². The Balaban J connectivity index is 1.78. The van der Waals surface area contributed by atoms with Crippen molar-refractivity contribution in [1.29, 1.82) is 0 Å². The molecule has 0 unspecified atom stereocenters. The summed E-state index contributed by atoms with van der Waals surface area (Å²) in [5.74, 6) is -1.06. The van der Waals surface area contributed by atoms with Gasteiger partial charge in [-0.25, -0.2) is 4.39 Å². The van der Waals surface area contributed by atoms with Crippen LogP contribution in [-0.2, 0) is 11.2 Å². The molecule has 33 heavy (non-hydrogen) atoms. The number of H-pyrrole nitrogens is 1. The van der Waals surface area contributed by atoms with Crippen molar-refractivity contribution in [3.8, 4) is 11.5 Å². The van der Waals surface area contributed by atoms with E-state index in [1.807, 2.05) is 0 Å². The molecule has 1 heterocycles. The van der Waals surface area contributed by atoms with E-state index in [-0.39, 0.29) is 30.1 Å². The molecule has 0 amide bonds. The molecule has 9 heteroatoms. The number of hydrogen-bond acceptors (Lipinski definition) is 4. The van der Waals surface area contributed by atoms with E-state index in [2.05, 4.69) is 16.6 Å². The SMILES string of the molecule is CCCCOCCOc1cc(F)ccc1CC(=O)c1c[nH]c2c(C)cc(OC(F)(F)F)cc12. The zero-order valence-corrected chi connectivity index (χ0v) is 18.4. The van der Waals surface area contributed by atoms with Crippen molar-refractivity contribution in [2.24, 2.45) is 0 Å². The number of fused-ring (bicyclic) bond motifs is 1. The van der Waals surface area contributed by atoms with E-state index >= 15 is 0 Å². The molecular formula is C24H25F4NO4. The van der Waals surface area contributed by atoms with Crippen molar-refractivity contribution < 1.29 is 36.6 Å². The number of rotatable bonds is 11. The predicted molar refractivity (Wildman–Crippen MR) is 115 cm³/mol. The van der Waals surface area contributed by atoms with E-state index in [9.17, 15) is 22.4 Å². The maximum absolute atomic E-state index is 13.8. The molecule has 0 radical (unpaired) electrons. The van der Waals surface area contributed by atoms with Gasteiger partial charge in [-0.3, -0.25) is 4.79 Å². The molecule has 0 aliphatic heterocycles. The first kappa shape index (κ1) is 24.6. The number of ketones is 1. The first-order chi connectivity index (χ1) is 15.7. The Morgan fingerprint density at radius 1 is 1.09 bits per heavy atom. The Kier molecular flexibility index (Phi) is 7.97. The summed E-state index contributed by atoms with van der Waals surface area (Å²) >= 11 is 0. The van der Waals surface area contributed by atoms with Crippen molar-refractivity contribution in [3.05, 3.63) is 59.0 Å². The fourth-order valence-corrected chi connectivity index (χ4v) is 3.44. The highest BCUT2D eigenvalue weighted by Gasteiger charge is 2.31. The summed E-state index contributed by atoms with van der Waals surface area (Å²) in [6.45, 7) is 4.79. The Morgan fingerprint density at radius 2 is 1.88 bits per heavy atom. The number of Topliss-reactive ketones (excluding diaryl/α,β-unsaturated/α-hetero) is 1. The standard InChI is InChI=1S/C24H25F4NO4/c1-3-4-7-31-8-9-32-22-12-17(25)6-5-16(22)11-21(30)20-14-29-23-15(2)10-18(13-19(20)23)33-24(26,27)28/h5-6,10,12-14,29H,3-4,7-9,11H2,1-2H3. The van der Waals surface area contributed by atoms with Gasteiger partial charge in [-0.1, -0.05) is 19.4 Å². The van der Waals surface area contributed by atoms with Crippen molar-refractivity contribution in [3.63, 3.8) is 0 Å². The number of aromatic nitrogens is 1. The van der Waals surface area contributed by atoms with Crippen LogP contribution in [0.3, 0.4) is 0 Å². The average Bonchev–Trinajstić information content (AvgIpc) is 3.15. The molecule has 178 valence electrons. The Hall–Kier alpha value is -3.07. The second-order valence-corrected chi connectivity index (χ2v) is 7.58. The molecule has 0 aliphatic rings. The van der Waals surface area contributed by atoms with Crippen molar-refractivity contribution in [2.75, 3.05) is 19.8 Å². The number of aromatic amines is 1. The second-order valence-electron chi connectivity index (χ2n) is 7.58. The molecule has 2 aromatic carbocycles. The first-order valence-electron chi connectivity index (χ1n) is 10.6. The number of benzene rings is 2. The third kappa shape index (κ3) is 6.71. The van der Waals surface area contributed by atoms with Gasteiger partial charge in [0, 0.05) is 47.3 Å². The quantitative estimate of drug-likeness (QED) is 0.209. The van der Waals surface area contributed by atoms with Gasteiger partial charge in [0.25, 0.3) is 0 Å². The van der Waals surface area contributed by atoms with Gasteiger partial charge >= 0.3 is 6.36 Å². The van der Waals surface area contributed by atoms with E-state index in [4.69, 9.17) is 9.47 Å². The zero-order valence-electron chi connectivity index (χ0n) is 18.4. The van der Waals surface area contributed by atoms with Crippen molar-refractivity contribution in [1.82, 2.24) is 4.98 Å². The molecule has 1 N–H and O–H groups in total. The predicted octanol–water partition coefficient (Wildman–Crippen LogP) is 6.13. The van der Waals surface area contributed by atoms with Crippen LogP contribution in [0.2, 0.25) is 0 Å². The van der Waals surface area contributed by atoms with E-state index in [0.717, 1.165) is 12.8 Å². The number of aryl methyl sites for hydroxylation is 1. The number of ether oxygens (including phenoxy) is 3. The molecular weight excluding hydrogens is 442 g/mol. The molecule has 0 spiro atoms. The Morgan fingerprint density at radius 3 is 2.61 bits per heavy atom. The lowest BCUT2D eigenvalue weighted by molar-refractivity contribution is -0.274. The smallest absolute Gasteiger partial charge is 0.491 e. The van der Waals surface area contributed by atoms with Gasteiger partial charge in [-0.15, -0.1) is 13.2 Å². The summed E-state index contributed by atoms with van der Waals surface area (Å²) < 4.78 is 66.8. The molecule has 0 saturated heterocycles. The summed E-state index contributed by atoms with van der Waals surface area (Å²) in [4.78, 5) is 16.0. The van der Waals surface area contributed by atoms with Gasteiger partial charge < -0.3 is 19.2 Å². The van der Waals surface area contributed by atoms with Crippen LogP contribution in [0.5, 0.6) is 11.5 Å². The molecule has 0 fully saturated rings. The minimum absolute atomic E-state index is 0.122. The molecule has 1 aromatic heterocycles. The average molecular weight is 467 g/mol. The number of carbonyl (C=O) groups excluding carboxylic acids is 1. The highest BCUT2D eigenvalue weighted by molar-refractivity contribution is 6.09. The van der Waals surface area contributed by atoms with Crippen molar-refractivity contribution >= 4 is 16.7 Å². The van der Waals surface area contributed by atoms with Gasteiger partial charge in [0.2, 0.25) is 0 Å². The minimum atomic E-state index is -4.85. The summed E-state index contributed by atoms with van der Waals surface area (Å²) in [7, 11) is 0. The van der Waals surface area contributed by atoms with Crippen LogP contribution in [0, 0.1) is 12.7 Å². The van der Waals surface area contributed by atoms with Crippen LogP contribution in [0.1, 0.15) is 41.3 Å². The van der Waals surface area contributed by atoms with E-state index < -0.39 is 17.9 Å². The molecule has 3 aromatic rings. The highest BCUT2D eigenvalue weighted by atomic mass is 19.4. The highest BCUT2D eigenvalue weighted by Crippen LogP contribution is 2.32. The lowest BCUT2D eigenvalue weighted by Gasteiger charge is -2.12. The number of hydrogen-bond donors (Lipinski definition) is 1. The summed E-state index contributed by atoms with van der Waals surface area (Å²) in [5.41, 5.74) is 1.70. The van der Waals surface area contributed by atoms with Crippen LogP contribution in [0.15, 0.2) is 36.5 Å². The maximum Gasteiger partial charge on any atom is 0.573 e. The molecule has 3 rings (SSSR count). The largest absolute Gasteiger partial charge is 0.573 e. The summed E-state index contributed by atoms with van der Waals surface area (Å²) in [6.07, 6.45) is -1.58. The summed E-state index contributed by atoms with van der Waals surface area (Å²) in [6, 6.07) is 6.30. The second kappa shape index (κ2) is 10.7. The van der Waals surface area contributed by atoms with Gasteiger partial charge in [0.1, 0.15) is 23.9 Å². The molecule has 0 atom stereocenters. The van der Waals surface area contributed by atoms with Gasteiger partial charge in [0.05, 0.1) is 6.61 Å². The number of alkyl halides is 3. The Labute approximate surface area is 188 Å². The molecule has 0 aliphatic carbocycles. The molecule has 0 saturated carbocycles. The number of nitrogens with one attached hydrogen (secondary N) is 1. The molecule has 5 nitrogen and oxygen atoms in total. The van der Waals surface area contributed by atoms with Crippen LogP contribution >= 0.6 is 0 Å². The van der Waals surface area contributed by atoms with Crippen LogP contribution < -0.4 is 9.47 Å². The number of halogens is 4. The topological polar surface area (TPSA) is 60.5 Å². The maximum atomic E-state index is 13.8. The monoisotopic (exact) mass is 467 g/mol. The lowest BCUT2D eigenvalue weighted by atomic mass is 10.0. The normalized spacial score (nSPS) is 11.7. The number of carbonyl (C=O) groups is 1. The van der Waals surface area contributed by atoms with E-state index in [0.29, 0.717) is 35.2 Å². The molecule has 0 bridgehead atoms. The third-order valence-electron chi connectivity index (χ3n) is 5.00. The minimum Gasteiger partial charge on any atom is -0.491 e. The fourth-order valence-electron chi connectivity index (χ4n) is 3.44. The zero-order chi connectivity index (χ0) is 24.0. The third-order valence-corrected chi connectivity index (χ3v) is 5.00. The first-order valence-corrected chi connectivity index (χ1v) is 10.6.